The maximum absolute atomic E-state index is 6.00. The van der Waals surface area contributed by atoms with Crippen LogP contribution in [-0.2, 0) is 0 Å². The van der Waals surface area contributed by atoms with Gasteiger partial charge in [-0.05, 0) is 37.1 Å². The summed E-state index contributed by atoms with van der Waals surface area (Å²) in [6, 6.07) is 6.37. The fraction of sp³-hybridized carbons (Fsp3) is 0.500. The highest BCUT2D eigenvalue weighted by Gasteiger charge is 2.14. The first-order valence-corrected chi connectivity index (χ1v) is 6.66. The summed E-state index contributed by atoms with van der Waals surface area (Å²) in [4.78, 5) is 0. The quantitative estimate of drug-likeness (QED) is 0.874. The fourth-order valence-corrected chi connectivity index (χ4v) is 2.23. The molecule has 0 heterocycles. The molecule has 0 aliphatic rings. The van der Waals surface area contributed by atoms with Crippen LogP contribution in [0.3, 0.4) is 0 Å². The van der Waals surface area contributed by atoms with Crippen molar-refractivity contribution in [2.45, 2.75) is 32.4 Å². The Bertz CT molecular complexity index is 344. The van der Waals surface area contributed by atoms with E-state index in [4.69, 9.17) is 17.3 Å². The molecule has 0 aliphatic heterocycles. The van der Waals surface area contributed by atoms with Crippen LogP contribution in [0.25, 0.3) is 0 Å². The number of nitrogens with one attached hydrogen (secondary N) is 1. The number of hydrogen-bond acceptors (Lipinski definition) is 2. The minimum Gasteiger partial charge on any atom is -0.329 e. The van der Waals surface area contributed by atoms with E-state index < -0.39 is 0 Å². The van der Waals surface area contributed by atoms with Gasteiger partial charge in [-0.1, -0.05) is 34.5 Å². The highest BCUT2D eigenvalue weighted by Crippen LogP contribution is 2.26. The monoisotopic (exact) mass is 304 g/mol. The molecule has 0 radical (unpaired) electrons. The van der Waals surface area contributed by atoms with Crippen molar-refractivity contribution in [1.82, 2.24) is 5.32 Å². The molecule has 3 N–H and O–H groups in total. The van der Waals surface area contributed by atoms with Gasteiger partial charge in [0.15, 0.2) is 0 Å². The molecule has 0 aromatic heterocycles. The van der Waals surface area contributed by atoms with E-state index >= 15 is 0 Å². The van der Waals surface area contributed by atoms with E-state index in [0.29, 0.717) is 12.6 Å². The molecular weight excluding hydrogens is 288 g/mol. The highest BCUT2D eigenvalue weighted by atomic mass is 79.9. The third kappa shape index (κ3) is 3.74. The van der Waals surface area contributed by atoms with Crippen LogP contribution in [0.4, 0.5) is 0 Å². The van der Waals surface area contributed by atoms with Gasteiger partial charge in [-0.15, -0.1) is 0 Å². The lowest BCUT2D eigenvalue weighted by atomic mass is 10.1. The van der Waals surface area contributed by atoms with Crippen LogP contribution in [0.15, 0.2) is 22.7 Å². The van der Waals surface area contributed by atoms with Crippen molar-refractivity contribution >= 4 is 27.5 Å². The van der Waals surface area contributed by atoms with Crippen molar-refractivity contribution in [2.75, 3.05) is 6.54 Å². The molecule has 16 heavy (non-hydrogen) atoms. The number of benzene rings is 1. The normalized spacial score (nSPS) is 14.8. The van der Waals surface area contributed by atoms with Gasteiger partial charge in [0.05, 0.1) is 0 Å². The Morgan fingerprint density at radius 2 is 2.19 bits per heavy atom. The maximum Gasteiger partial charge on any atom is 0.0458 e. The van der Waals surface area contributed by atoms with Gasteiger partial charge >= 0.3 is 0 Å². The average molecular weight is 306 g/mol. The summed E-state index contributed by atoms with van der Waals surface area (Å²) in [5.74, 6) is 0. The molecule has 1 aromatic rings. The number of halogens is 2. The van der Waals surface area contributed by atoms with Gasteiger partial charge in [0, 0.05) is 28.1 Å². The predicted octanol–water partition coefficient (Wildman–Crippen LogP) is 3.49. The van der Waals surface area contributed by atoms with Gasteiger partial charge in [-0.2, -0.15) is 0 Å². The Balaban J connectivity index is 2.89. The number of hydrogen-bond donors (Lipinski definition) is 2. The molecule has 0 bridgehead atoms. The van der Waals surface area contributed by atoms with Crippen molar-refractivity contribution in [3.63, 3.8) is 0 Å². The first-order valence-electron chi connectivity index (χ1n) is 5.49. The molecule has 4 heteroatoms. The molecule has 1 rings (SSSR count). The summed E-state index contributed by atoms with van der Waals surface area (Å²) in [6.45, 7) is 4.86. The first-order chi connectivity index (χ1) is 7.58. The Kier molecular flexibility index (Phi) is 5.76. The van der Waals surface area contributed by atoms with E-state index in [1.807, 2.05) is 18.2 Å². The van der Waals surface area contributed by atoms with E-state index in [2.05, 4.69) is 35.1 Å². The van der Waals surface area contributed by atoms with Gasteiger partial charge in [0.25, 0.3) is 0 Å². The van der Waals surface area contributed by atoms with Gasteiger partial charge in [-0.25, -0.2) is 0 Å². The van der Waals surface area contributed by atoms with Crippen LogP contribution in [0.2, 0.25) is 5.02 Å². The van der Waals surface area contributed by atoms with Gasteiger partial charge in [0.1, 0.15) is 0 Å². The summed E-state index contributed by atoms with van der Waals surface area (Å²) in [7, 11) is 0. The predicted molar refractivity (Wildman–Crippen MR) is 73.8 cm³/mol. The summed E-state index contributed by atoms with van der Waals surface area (Å²) < 4.78 is 1.04. The largest absolute Gasteiger partial charge is 0.329 e. The smallest absolute Gasteiger partial charge is 0.0458 e. The minimum atomic E-state index is 0.142. The molecule has 0 saturated heterocycles. The second-order valence-electron chi connectivity index (χ2n) is 3.93. The molecule has 1 aromatic carbocycles. The average Bonchev–Trinajstić information content (AvgIpc) is 2.29. The standard InChI is InChI=1S/C12H18BrClN2/c1-3-8(2)16-12(7-15)10-6-9(14)4-5-11(10)13/h4-6,8,12,16H,3,7,15H2,1-2H3. The lowest BCUT2D eigenvalue weighted by Crippen LogP contribution is -2.34. The van der Waals surface area contributed by atoms with Crippen LogP contribution in [-0.4, -0.2) is 12.6 Å². The summed E-state index contributed by atoms with van der Waals surface area (Å²) in [6.07, 6.45) is 1.08. The molecule has 0 amide bonds. The Morgan fingerprint density at radius 1 is 1.50 bits per heavy atom. The molecule has 0 aliphatic carbocycles. The van der Waals surface area contributed by atoms with Crippen LogP contribution < -0.4 is 11.1 Å². The van der Waals surface area contributed by atoms with Gasteiger partial charge in [0.2, 0.25) is 0 Å². The van der Waals surface area contributed by atoms with E-state index in [-0.39, 0.29) is 6.04 Å². The molecule has 0 saturated carbocycles. The molecule has 90 valence electrons. The molecular formula is C12H18BrClN2. The van der Waals surface area contributed by atoms with Crippen molar-refractivity contribution in [2.24, 2.45) is 5.73 Å². The summed E-state index contributed by atoms with van der Waals surface area (Å²) in [5, 5.41) is 4.23. The van der Waals surface area contributed by atoms with Crippen LogP contribution >= 0.6 is 27.5 Å². The maximum atomic E-state index is 6.00. The molecule has 0 fully saturated rings. The lowest BCUT2D eigenvalue weighted by Gasteiger charge is -2.22. The Morgan fingerprint density at radius 3 is 2.75 bits per heavy atom. The number of rotatable bonds is 5. The topological polar surface area (TPSA) is 38.0 Å². The van der Waals surface area contributed by atoms with Crippen molar-refractivity contribution < 1.29 is 0 Å². The number of nitrogens with two attached hydrogens (primary N) is 1. The van der Waals surface area contributed by atoms with Crippen molar-refractivity contribution in [1.29, 1.82) is 0 Å². The van der Waals surface area contributed by atoms with Crippen LogP contribution in [0, 0.1) is 0 Å². The summed E-state index contributed by atoms with van der Waals surface area (Å²) >= 11 is 9.53. The van der Waals surface area contributed by atoms with Crippen molar-refractivity contribution in [3.8, 4) is 0 Å². The lowest BCUT2D eigenvalue weighted by molar-refractivity contribution is 0.451. The van der Waals surface area contributed by atoms with E-state index in [9.17, 15) is 0 Å². The molecule has 2 unspecified atom stereocenters. The summed E-state index contributed by atoms with van der Waals surface area (Å²) in [5.41, 5.74) is 6.92. The zero-order chi connectivity index (χ0) is 12.1. The fourth-order valence-electron chi connectivity index (χ4n) is 1.53. The van der Waals surface area contributed by atoms with Crippen molar-refractivity contribution in [3.05, 3.63) is 33.3 Å². The molecule has 2 nitrogen and oxygen atoms in total. The zero-order valence-corrected chi connectivity index (χ0v) is 12.0. The van der Waals surface area contributed by atoms with E-state index in [1.54, 1.807) is 0 Å². The van der Waals surface area contributed by atoms with E-state index in [0.717, 1.165) is 21.5 Å². The Labute approximate surface area is 111 Å². The SMILES string of the molecule is CCC(C)NC(CN)c1cc(Cl)ccc1Br. The first kappa shape index (κ1) is 14.0. The third-order valence-corrected chi connectivity index (χ3v) is 3.62. The van der Waals surface area contributed by atoms with Crippen LogP contribution in [0.5, 0.6) is 0 Å². The van der Waals surface area contributed by atoms with E-state index in [1.165, 1.54) is 0 Å². The second-order valence-corrected chi connectivity index (χ2v) is 5.22. The van der Waals surface area contributed by atoms with Crippen LogP contribution in [0.1, 0.15) is 31.9 Å². The second kappa shape index (κ2) is 6.60. The van der Waals surface area contributed by atoms with Gasteiger partial charge in [-0.3, -0.25) is 0 Å². The zero-order valence-electron chi connectivity index (χ0n) is 9.63. The third-order valence-electron chi connectivity index (χ3n) is 2.67. The van der Waals surface area contributed by atoms with Gasteiger partial charge < -0.3 is 11.1 Å². The highest BCUT2D eigenvalue weighted by molar-refractivity contribution is 9.10. The molecule has 2 atom stereocenters. The molecule has 0 spiro atoms. The Hall–Kier alpha value is -0.0900. The minimum absolute atomic E-state index is 0.142.